The number of rotatable bonds is 5. The maximum atomic E-state index is 11.9. The highest BCUT2D eigenvalue weighted by atomic mass is 19.4. The summed E-state index contributed by atoms with van der Waals surface area (Å²) in [5, 5.41) is 3.21. The fourth-order valence-corrected chi connectivity index (χ4v) is 1.82. The first-order chi connectivity index (χ1) is 10.5. The molecule has 0 saturated carbocycles. The van der Waals surface area contributed by atoms with Crippen LogP contribution in [0.15, 0.2) is 12.3 Å². The van der Waals surface area contributed by atoms with Crippen LogP contribution in [0.2, 0.25) is 0 Å². The molecular formula is C12H15F3N4O3. The van der Waals surface area contributed by atoms with E-state index >= 15 is 0 Å². The first kappa shape index (κ1) is 16.3. The monoisotopic (exact) mass is 320 g/mol. The van der Waals surface area contributed by atoms with Crippen molar-refractivity contribution >= 4 is 11.8 Å². The second-order valence-corrected chi connectivity index (χ2v) is 4.42. The molecule has 1 N–H and O–H groups in total. The van der Waals surface area contributed by atoms with Crippen molar-refractivity contribution in [2.45, 2.75) is 6.18 Å². The Morgan fingerprint density at radius 3 is 2.73 bits per heavy atom. The predicted octanol–water partition coefficient (Wildman–Crippen LogP) is 0.370. The summed E-state index contributed by atoms with van der Waals surface area (Å²) in [5.74, 6) is -1.56. The van der Waals surface area contributed by atoms with Gasteiger partial charge in [0.25, 0.3) is 0 Å². The van der Waals surface area contributed by atoms with Gasteiger partial charge in [-0.05, 0) is 6.07 Å². The quantitative estimate of drug-likeness (QED) is 0.620. The average molecular weight is 320 g/mol. The summed E-state index contributed by atoms with van der Waals surface area (Å²) < 4.78 is 44.8. The minimum Gasteiger partial charge on any atom is -0.460 e. The highest BCUT2D eigenvalue weighted by Crippen LogP contribution is 2.16. The predicted molar refractivity (Wildman–Crippen MR) is 69.6 cm³/mol. The van der Waals surface area contributed by atoms with Crippen LogP contribution in [-0.2, 0) is 9.53 Å². The number of halogens is 3. The van der Waals surface area contributed by atoms with Gasteiger partial charge in [-0.3, -0.25) is 0 Å². The third kappa shape index (κ3) is 4.72. The average Bonchev–Trinajstić information content (AvgIpc) is 2.51. The lowest BCUT2D eigenvalue weighted by molar-refractivity contribution is -0.200. The molecule has 7 nitrogen and oxygen atoms in total. The maximum Gasteiger partial charge on any atom is 0.490 e. The van der Waals surface area contributed by atoms with Gasteiger partial charge in [-0.1, -0.05) is 0 Å². The Morgan fingerprint density at radius 1 is 1.32 bits per heavy atom. The minimum atomic E-state index is -5.00. The number of carbonyl (C=O) groups is 1. The number of hydrogen-bond donors (Lipinski definition) is 1. The van der Waals surface area contributed by atoms with E-state index < -0.39 is 18.8 Å². The van der Waals surface area contributed by atoms with Crippen molar-refractivity contribution in [1.29, 1.82) is 0 Å². The molecule has 2 heterocycles. The van der Waals surface area contributed by atoms with Crippen LogP contribution in [0, 0.1) is 0 Å². The highest BCUT2D eigenvalue weighted by molar-refractivity contribution is 5.75. The van der Waals surface area contributed by atoms with Crippen LogP contribution in [0.1, 0.15) is 0 Å². The molecule has 1 aromatic rings. The van der Waals surface area contributed by atoms with Crippen molar-refractivity contribution in [1.82, 2.24) is 15.3 Å². The number of ether oxygens (including phenoxy) is 2. The lowest BCUT2D eigenvalue weighted by Crippen LogP contribution is -2.43. The summed E-state index contributed by atoms with van der Waals surface area (Å²) in [4.78, 5) is 20.6. The third-order valence-corrected chi connectivity index (χ3v) is 2.84. The molecule has 0 amide bonds. The minimum absolute atomic E-state index is 0.0269. The van der Waals surface area contributed by atoms with E-state index in [1.807, 2.05) is 4.90 Å². The van der Waals surface area contributed by atoms with Gasteiger partial charge in [0.05, 0.1) is 0 Å². The van der Waals surface area contributed by atoms with Crippen molar-refractivity contribution < 1.29 is 27.4 Å². The number of piperazine rings is 1. The Hall–Kier alpha value is -2.10. The molecule has 0 unspecified atom stereocenters. The SMILES string of the molecule is O=C(OCCOc1nccc(N2CCNCC2)n1)C(F)(F)F. The van der Waals surface area contributed by atoms with Crippen molar-refractivity contribution in [2.75, 3.05) is 44.3 Å². The van der Waals surface area contributed by atoms with Crippen LogP contribution in [0.25, 0.3) is 0 Å². The van der Waals surface area contributed by atoms with E-state index in [1.54, 1.807) is 6.07 Å². The van der Waals surface area contributed by atoms with Crippen LogP contribution < -0.4 is 15.0 Å². The number of anilines is 1. The van der Waals surface area contributed by atoms with Crippen LogP contribution in [0.3, 0.4) is 0 Å². The van der Waals surface area contributed by atoms with Crippen LogP contribution in [0.5, 0.6) is 6.01 Å². The molecule has 1 fully saturated rings. The Labute approximate surface area is 124 Å². The number of aromatic nitrogens is 2. The van der Waals surface area contributed by atoms with E-state index in [9.17, 15) is 18.0 Å². The summed E-state index contributed by atoms with van der Waals surface area (Å²) in [6.07, 6.45) is -3.50. The molecule has 2 rings (SSSR count). The molecule has 0 spiro atoms. The Kier molecular flexibility index (Phi) is 5.36. The molecule has 1 aromatic heterocycles. The summed E-state index contributed by atoms with van der Waals surface area (Å²) in [5.41, 5.74) is 0. The summed E-state index contributed by atoms with van der Waals surface area (Å²) in [6.45, 7) is 2.48. The number of alkyl halides is 3. The standard InChI is InChI=1S/C12H15F3N4O3/c13-12(14,15)10(20)21-7-8-22-11-17-2-1-9(18-11)19-5-3-16-4-6-19/h1-2,16H,3-8H2. The third-order valence-electron chi connectivity index (χ3n) is 2.84. The fraction of sp³-hybridized carbons (Fsp3) is 0.583. The van der Waals surface area contributed by atoms with E-state index in [4.69, 9.17) is 4.74 Å². The first-order valence-electron chi connectivity index (χ1n) is 6.62. The zero-order valence-electron chi connectivity index (χ0n) is 11.6. The lowest BCUT2D eigenvalue weighted by Gasteiger charge is -2.28. The molecular weight excluding hydrogens is 305 g/mol. The van der Waals surface area contributed by atoms with Gasteiger partial charge in [-0.15, -0.1) is 0 Å². The molecule has 1 aliphatic rings. The number of hydrogen-bond acceptors (Lipinski definition) is 7. The number of nitrogens with one attached hydrogen (secondary N) is 1. The van der Waals surface area contributed by atoms with Gasteiger partial charge in [0, 0.05) is 32.4 Å². The Morgan fingerprint density at radius 2 is 2.05 bits per heavy atom. The van der Waals surface area contributed by atoms with Crippen LogP contribution in [-0.4, -0.2) is 61.5 Å². The first-order valence-corrected chi connectivity index (χ1v) is 6.62. The molecule has 0 bridgehead atoms. The number of nitrogens with zero attached hydrogens (tertiary/aromatic N) is 3. The fourth-order valence-electron chi connectivity index (χ4n) is 1.82. The van der Waals surface area contributed by atoms with Crippen LogP contribution in [0.4, 0.5) is 19.0 Å². The summed E-state index contributed by atoms with van der Waals surface area (Å²) >= 11 is 0. The van der Waals surface area contributed by atoms with Crippen molar-refractivity contribution in [2.24, 2.45) is 0 Å². The molecule has 10 heteroatoms. The normalized spacial score (nSPS) is 15.5. The van der Waals surface area contributed by atoms with E-state index in [2.05, 4.69) is 20.0 Å². The van der Waals surface area contributed by atoms with Gasteiger partial charge in [-0.25, -0.2) is 9.78 Å². The highest BCUT2D eigenvalue weighted by Gasteiger charge is 2.40. The molecule has 1 saturated heterocycles. The largest absolute Gasteiger partial charge is 0.490 e. The van der Waals surface area contributed by atoms with E-state index in [0.717, 1.165) is 26.2 Å². The molecule has 0 aliphatic carbocycles. The number of carbonyl (C=O) groups excluding carboxylic acids is 1. The molecule has 0 atom stereocenters. The van der Waals surface area contributed by atoms with Crippen LogP contribution >= 0.6 is 0 Å². The Balaban J connectivity index is 1.79. The van der Waals surface area contributed by atoms with Crippen molar-refractivity contribution in [3.63, 3.8) is 0 Å². The topological polar surface area (TPSA) is 76.6 Å². The smallest absolute Gasteiger partial charge is 0.460 e. The van der Waals surface area contributed by atoms with Gasteiger partial charge in [0.1, 0.15) is 19.0 Å². The van der Waals surface area contributed by atoms with E-state index in [1.165, 1.54) is 6.20 Å². The second kappa shape index (κ2) is 7.25. The summed E-state index contributed by atoms with van der Waals surface area (Å²) in [6, 6.07) is 1.75. The van der Waals surface area contributed by atoms with Gasteiger partial charge in [-0.2, -0.15) is 18.2 Å². The van der Waals surface area contributed by atoms with Crippen molar-refractivity contribution in [3.8, 4) is 6.01 Å². The summed E-state index contributed by atoms with van der Waals surface area (Å²) in [7, 11) is 0. The van der Waals surface area contributed by atoms with Gasteiger partial charge in [0.2, 0.25) is 0 Å². The van der Waals surface area contributed by atoms with Gasteiger partial charge in [0.15, 0.2) is 0 Å². The number of esters is 1. The Bertz CT molecular complexity index is 507. The van der Waals surface area contributed by atoms with Gasteiger partial charge >= 0.3 is 18.2 Å². The van der Waals surface area contributed by atoms with Crippen molar-refractivity contribution in [3.05, 3.63) is 12.3 Å². The maximum absolute atomic E-state index is 11.9. The van der Waals surface area contributed by atoms with E-state index in [-0.39, 0.29) is 12.6 Å². The molecule has 0 aromatic carbocycles. The molecule has 0 radical (unpaired) electrons. The lowest BCUT2D eigenvalue weighted by atomic mass is 10.3. The molecule has 122 valence electrons. The molecule has 22 heavy (non-hydrogen) atoms. The second-order valence-electron chi connectivity index (χ2n) is 4.42. The zero-order valence-corrected chi connectivity index (χ0v) is 11.6. The zero-order chi connectivity index (χ0) is 16.0. The van der Waals surface area contributed by atoms with E-state index in [0.29, 0.717) is 5.82 Å². The molecule has 1 aliphatic heterocycles. The van der Waals surface area contributed by atoms with Gasteiger partial charge < -0.3 is 19.7 Å².